The van der Waals surface area contributed by atoms with E-state index in [4.69, 9.17) is 0 Å². The van der Waals surface area contributed by atoms with E-state index in [1.54, 1.807) is 0 Å². The standard InChI is InChI=1S/C15H30N2O2/c1-6-13(7-2)17(5)10-15(14(18)19,12-8-9-12)16-11(3)4/h11-13,16H,6-10H2,1-5H3,(H,18,19). The molecule has 1 fully saturated rings. The lowest BCUT2D eigenvalue weighted by Crippen LogP contribution is -2.63. The Morgan fingerprint density at radius 3 is 2.21 bits per heavy atom. The summed E-state index contributed by atoms with van der Waals surface area (Å²) in [6.45, 7) is 8.98. The zero-order valence-electron chi connectivity index (χ0n) is 13.1. The van der Waals surface area contributed by atoms with Gasteiger partial charge in [-0.1, -0.05) is 13.8 Å². The monoisotopic (exact) mass is 270 g/mol. The quantitative estimate of drug-likeness (QED) is 0.675. The lowest BCUT2D eigenvalue weighted by atomic mass is 9.90. The molecule has 0 saturated heterocycles. The first kappa shape index (κ1) is 16.4. The molecule has 1 saturated carbocycles. The lowest BCUT2D eigenvalue weighted by Gasteiger charge is -2.39. The fourth-order valence-corrected chi connectivity index (χ4v) is 3.12. The third kappa shape index (κ3) is 3.93. The van der Waals surface area contributed by atoms with Gasteiger partial charge in [0, 0.05) is 18.6 Å². The van der Waals surface area contributed by atoms with Crippen molar-refractivity contribution in [1.29, 1.82) is 0 Å². The Kier molecular flexibility index (Phi) is 5.81. The van der Waals surface area contributed by atoms with Gasteiger partial charge in [-0.3, -0.25) is 10.1 Å². The number of aliphatic carboxylic acids is 1. The molecule has 0 aromatic carbocycles. The topological polar surface area (TPSA) is 52.6 Å². The minimum Gasteiger partial charge on any atom is -0.480 e. The minimum atomic E-state index is -0.772. The molecule has 4 nitrogen and oxygen atoms in total. The summed E-state index contributed by atoms with van der Waals surface area (Å²) in [7, 11) is 2.06. The normalized spacial score (nSPS) is 19.2. The number of carboxylic acid groups (broad SMARTS) is 1. The van der Waals surface area contributed by atoms with E-state index in [1.807, 2.05) is 13.8 Å². The number of hydrogen-bond donors (Lipinski definition) is 2. The molecule has 1 aliphatic carbocycles. The summed E-state index contributed by atoms with van der Waals surface area (Å²) in [5.41, 5.74) is -0.772. The Hall–Kier alpha value is -0.610. The molecule has 1 atom stereocenters. The van der Waals surface area contributed by atoms with Crippen LogP contribution in [-0.2, 0) is 4.79 Å². The summed E-state index contributed by atoms with van der Waals surface area (Å²) >= 11 is 0. The predicted molar refractivity (Wildman–Crippen MR) is 78.4 cm³/mol. The molecule has 0 radical (unpaired) electrons. The number of likely N-dealkylation sites (N-methyl/N-ethyl adjacent to an activating group) is 1. The van der Waals surface area contributed by atoms with Crippen molar-refractivity contribution in [1.82, 2.24) is 10.2 Å². The van der Waals surface area contributed by atoms with Crippen LogP contribution >= 0.6 is 0 Å². The van der Waals surface area contributed by atoms with Crippen LogP contribution in [0.1, 0.15) is 53.4 Å². The number of nitrogens with one attached hydrogen (secondary N) is 1. The summed E-state index contributed by atoms with van der Waals surface area (Å²) in [6.07, 6.45) is 4.19. The highest BCUT2D eigenvalue weighted by Gasteiger charge is 2.52. The van der Waals surface area contributed by atoms with Gasteiger partial charge in [-0.25, -0.2) is 0 Å². The predicted octanol–water partition coefficient (Wildman–Crippen LogP) is 2.34. The van der Waals surface area contributed by atoms with Crippen LogP contribution in [0.25, 0.3) is 0 Å². The number of carbonyl (C=O) groups is 1. The van der Waals surface area contributed by atoms with E-state index in [9.17, 15) is 9.90 Å². The van der Waals surface area contributed by atoms with E-state index >= 15 is 0 Å². The molecule has 0 heterocycles. The van der Waals surface area contributed by atoms with Gasteiger partial charge in [-0.15, -0.1) is 0 Å². The van der Waals surface area contributed by atoms with E-state index in [1.165, 1.54) is 0 Å². The Bertz CT molecular complexity index is 299. The second kappa shape index (κ2) is 6.71. The van der Waals surface area contributed by atoms with Gasteiger partial charge in [0.25, 0.3) is 0 Å². The van der Waals surface area contributed by atoms with Crippen LogP contribution < -0.4 is 5.32 Å². The maximum absolute atomic E-state index is 11.9. The molecule has 2 N–H and O–H groups in total. The molecule has 4 heteroatoms. The molecule has 112 valence electrons. The molecular weight excluding hydrogens is 240 g/mol. The van der Waals surface area contributed by atoms with E-state index in [0.29, 0.717) is 12.6 Å². The first-order chi connectivity index (χ1) is 8.87. The van der Waals surface area contributed by atoms with Gasteiger partial charge in [0.1, 0.15) is 5.54 Å². The van der Waals surface area contributed by atoms with Crippen molar-refractivity contribution in [3.05, 3.63) is 0 Å². The van der Waals surface area contributed by atoms with Crippen LogP contribution in [0.2, 0.25) is 0 Å². The molecule has 0 amide bonds. The molecule has 0 bridgehead atoms. The molecule has 0 aromatic heterocycles. The Morgan fingerprint density at radius 1 is 1.37 bits per heavy atom. The van der Waals surface area contributed by atoms with Crippen LogP contribution in [0, 0.1) is 5.92 Å². The summed E-state index contributed by atoms with van der Waals surface area (Å²) < 4.78 is 0. The van der Waals surface area contributed by atoms with Gasteiger partial charge in [-0.2, -0.15) is 0 Å². The molecule has 19 heavy (non-hydrogen) atoms. The fourth-order valence-electron chi connectivity index (χ4n) is 3.12. The van der Waals surface area contributed by atoms with E-state index in [2.05, 4.69) is 31.1 Å². The number of carboxylic acids is 1. The molecular formula is C15H30N2O2. The zero-order chi connectivity index (χ0) is 14.6. The minimum absolute atomic E-state index is 0.187. The fraction of sp³-hybridized carbons (Fsp3) is 0.933. The second-order valence-electron chi connectivity index (χ2n) is 6.24. The van der Waals surface area contributed by atoms with Gasteiger partial charge in [-0.05, 0) is 52.5 Å². The molecule has 1 aliphatic rings. The van der Waals surface area contributed by atoms with E-state index in [0.717, 1.165) is 25.7 Å². The second-order valence-corrected chi connectivity index (χ2v) is 6.24. The summed E-state index contributed by atoms with van der Waals surface area (Å²) in [5.74, 6) is -0.411. The van der Waals surface area contributed by atoms with Crippen molar-refractivity contribution in [2.24, 2.45) is 5.92 Å². The Morgan fingerprint density at radius 2 is 1.89 bits per heavy atom. The lowest BCUT2D eigenvalue weighted by molar-refractivity contribution is -0.147. The van der Waals surface area contributed by atoms with Crippen molar-refractivity contribution in [2.75, 3.05) is 13.6 Å². The maximum Gasteiger partial charge on any atom is 0.325 e. The number of rotatable bonds is 9. The third-order valence-corrected chi connectivity index (χ3v) is 4.27. The van der Waals surface area contributed by atoms with Crippen LogP contribution in [0.3, 0.4) is 0 Å². The molecule has 1 rings (SSSR count). The average Bonchev–Trinajstić information content (AvgIpc) is 3.12. The smallest absolute Gasteiger partial charge is 0.325 e. The van der Waals surface area contributed by atoms with Gasteiger partial charge in [0.05, 0.1) is 0 Å². The summed E-state index contributed by atoms with van der Waals surface area (Å²) in [6, 6.07) is 0.651. The highest BCUT2D eigenvalue weighted by atomic mass is 16.4. The van der Waals surface area contributed by atoms with Crippen LogP contribution in [0.5, 0.6) is 0 Å². The van der Waals surface area contributed by atoms with Crippen molar-refractivity contribution < 1.29 is 9.90 Å². The molecule has 1 unspecified atom stereocenters. The third-order valence-electron chi connectivity index (χ3n) is 4.27. The summed E-state index contributed by atoms with van der Waals surface area (Å²) in [5, 5.41) is 13.1. The molecule has 0 aliphatic heterocycles. The van der Waals surface area contributed by atoms with Crippen LogP contribution in [-0.4, -0.2) is 47.2 Å². The van der Waals surface area contributed by atoms with Crippen molar-refractivity contribution in [3.8, 4) is 0 Å². The molecule has 0 spiro atoms. The van der Waals surface area contributed by atoms with Crippen LogP contribution in [0.4, 0.5) is 0 Å². The van der Waals surface area contributed by atoms with E-state index < -0.39 is 11.5 Å². The highest BCUT2D eigenvalue weighted by Crippen LogP contribution is 2.41. The zero-order valence-corrected chi connectivity index (χ0v) is 13.1. The average molecular weight is 270 g/mol. The molecule has 0 aromatic rings. The highest BCUT2D eigenvalue weighted by molar-refractivity contribution is 5.80. The number of nitrogens with zero attached hydrogens (tertiary/aromatic N) is 1. The SMILES string of the molecule is CCC(CC)N(C)CC(NC(C)C)(C(=O)O)C1CC1. The van der Waals surface area contributed by atoms with Gasteiger partial charge in [0.2, 0.25) is 0 Å². The van der Waals surface area contributed by atoms with Crippen molar-refractivity contribution in [2.45, 2.75) is 71.0 Å². The Balaban J connectivity index is 2.87. The first-order valence-electron chi connectivity index (χ1n) is 7.58. The van der Waals surface area contributed by atoms with E-state index in [-0.39, 0.29) is 12.0 Å². The number of hydrogen-bond acceptors (Lipinski definition) is 3. The largest absolute Gasteiger partial charge is 0.480 e. The summed E-state index contributed by atoms with van der Waals surface area (Å²) in [4.78, 5) is 14.1. The van der Waals surface area contributed by atoms with Crippen molar-refractivity contribution >= 4 is 5.97 Å². The van der Waals surface area contributed by atoms with Gasteiger partial charge >= 0.3 is 5.97 Å². The Labute approximate surface area is 117 Å². The maximum atomic E-state index is 11.9. The first-order valence-corrected chi connectivity index (χ1v) is 7.58. The van der Waals surface area contributed by atoms with Crippen LogP contribution in [0.15, 0.2) is 0 Å². The van der Waals surface area contributed by atoms with Crippen molar-refractivity contribution in [3.63, 3.8) is 0 Å². The van der Waals surface area contributed by atoms with Gasteiger partial charge < -0.3 is 10.0 Å². The van der Waals surface area contributed by atoms with Gasteiger partial charge in [0.15, 0.2) is 0 Å².